The molecule has 0 aromatic carbocycles. The van der Waals surface area contributed by atoms with Gasteiger partial charge in [0, 0.05) is 0 Å². The number of allylic oxidation sites excluding steroid dienone is 1. The van der Waals surface area contributed by atoms with E-state index < -0.39 is 11.8 Å². The van der Waals surface area contributed by atoms with Gasteiger partial charge in [0.05, 0.1) is 0 Å². The molecule has 0 unspecified atom stereocenters. The van der Waals surface area contributed by atoms with Crippen molar-refractivity contribution in [3.63, 3.8) is 0 Å². The number of nitrogens with one attached hydrogen (secondary N) is 1. The topological polar surface area (TPSA) is 49.4 Å². The Balaban J connectivity index is 3.63. The van der Waals surface area contributed by atoms with Crippen molar-refractivity contribution in [2.24, 2.45) is 0 Å². The van der Waals surface area contributed by atoms with Crippen LogP contribution >= 0.6 is 0 Å². The Morgan fingerprint density at radius 2 is 2.00 bits per heavy atom. The summed E-state index contributed by atoms with van der Waals surface area (Å²) in [5.41, 5.74) is 0. The summed E-state index contributed by atoms with van der Waals surface area (Å²) in [5.74, 6) is -0.873. The highest BCUT2D eigenvalue weighted by atomic mass is 16.2. The third kappa shape index (κ3) is 8.90. The van der Waals surface area contributed by atoms with Crippen molar-refractivity contribution in [3.8, 4) is 0 Å². The standard InChI is InChI=1S/C11H18N2O2/c1-4-10(14)12-11(15)8-6-5-7-9-13(2)3/h4,6,8H,1,5,7,9H2,2-3H3,(H,12,14,15). The largest absolute Gasteiger partial charge is 0.309 e. The summed E-state index contributed by atoms with van der Waals surface area (Å²) >= 11 is 0. The molecular formula is C11H18N2O2. The molecule has 0 bridgehead atoms. The summed E-state index contributed by atoms with van der Waals surface area (Å²) in [6.45, 7) is 4.23. The minimum Gasteiger partial charge on any atom is -0.309 e. The summed E-state index contributed by atoms with van der Waals surface area (Å²) in [6.07, 6.45) is 6.02. The van der Waals surface area contributed by atoms with Crippen LogP contribution in [0.2, 0.25) is 0 Å². The Bertz CT molecular complexity index is 257. The lowest BCUT2D eigenvalue weighted by Gasteiger charge is -2.06. The van der Waals surface area contributed by atoms with Crippen LogP contribution in [-0.2, 0) is 9.59 Å². The molecule has 0 heterocycles. The second-order valence-corrected chi connectivity index (χ2v) is 3.41. The minimum absolute atomic E-state index is 0.398. The van der Waals surface area contributed by atoms with Crippen molar-refractivity contribution in [2.45, 2.75) is 12.8 Å². The average Bonchev–Trinajstić information content (AvgIpc) is 2.16. The predicted octanol–water partition coefficient (Wildman–Crippen LogP) is 0.713. The predicted molar refractivity (Wildman–Crippen MR) is 60.3 cm³/mol. The van der Waals surface area contributed by atoms with Crippen LogP contribution in [0.3, 0.4) is 0 Å². The van der Waals surface area contributed by atoms with Crippen molar-refractivity contribution >= 4 is 11.8 Å². The molecule has 0 aromatic rings. The third-order valence-corrected chi connectivity index (χ3v) is 1.68. The van der Waals surface area contributed by atoms with Crippen LogP contribution in [-0.4, -0.2) is 37.4 Å². The monoisotopic (exact) mass is 210 g/mol. The van der Waals surface area contributed by atoms with Gasteiger partial charge in [0.15, 0.2) is 0 Å². The summed E-state index contributed by atoms with van der Waals surface area (Å²) in [6, 6.07) is 0. The molecule has 0 aromatic heterocycles. The van der Waals surface area contributed by atoms with Gasteiger partial charge in [-0.1, -0.05) is 12.7 Å². The fraction of sp³-hybridized carbons (Fsp3) is 0.455. The number of amides is 2. The van der Waals surface area contributed by atoms with E-state index in [1.807, 2.05) is 14.1 Å². The fourth-order valence-corrected chi connectivity index (χ4v) is 0.930. The quantitative estimate of drug-likeness (QED) is 0.519. The molecule has 0 spiro atoms. The first-order chi connectivity index (χ1) is 7.06. The van der Waals surface area contributed by atoms with Gasteiger partial charge in [-0.2, -0.15) is 0 Å². The number of rotatable bonds is 6. The van der Waals surface area contributed by atoms with Gasteiger partial charge in [0.1, 0.15) is 0 Å². The van der Waals surface area contributed by atoms with E-state index in [9.17, 15) is 9.59 Å². The van der Waals surface area contributed by atoms with Crippen LogP contribution in [0.1, 0.15) is 12.8 Å². The van der Waals surface area contributed by atoms with Crippen LogP contribution in [0.4, 0.5) is 0 Å². The Hall–Kier alpha value is -1.42. The Kier molecular flexibility index (Phi) is 7.18. The second kappa shape index (κ2) is 7.94. The number of imide groups is 1. The average molecular weight is 210 g/mol. The Morgan fingerprint density at radius 1 is 1.33 bits per heavy atom. The van der Waals surface area contributed by atoms with Crippen molar-refractivity contribution in [3.05, 3.63) is 24.8 Å². The van der Waals surface area contributed by atoms with Crippen molar-refractivity contribution in [1.82, 2.24) is 10.2 Å². The Labute approximate surface area is 90.6 Å². The molecular weight excluding hydrogens is 192 g/mol. The molecule has 0 saturated heterocycles. The molecule has 0 rings (SSSR count). The lowest BCUT2D eigenvalue weighted by molar-refractivity contribution is -0.125. The van der Waals surface area contributed by atoms with E-state index in [4.69, 9.17) is 0 Å². The zero-order valence-corrected chi connectivity index (χ0v) is 9.32. The number of unbranched alkanes of at least 4 members (excludes halogenated alkanes) is 1. The zero-order chi connectivity index (χ0) is 11.7. The second-order valence-electron chi connectivity index (χ2n) is 3.41. The van der Waals surface area contributed by atoms with Gasteiger partial charge in [-0.15, -0.1) is 0 Å². The third-order valence-electron chi connectivity index (χ3n) is 1.68. The maximum Gasteiger partial charge on any atom is 0.250 e. The first-order valence-corrected chi connectivity index (χ1v) is 4.85. The highest BCUT2D eigenvalue weighted by Gasteiger charge is 1.98. The van der Waals surface area contributed by atoms with Gasteiger partial charge in [-0.3, -0.25) is 14.9 Å². The molecule has 0 fully saturated rings. The number of carbonyl (C=O) groups excluding carboxylic acids is 2. The smallest absolute Gasteiger partial charge is 0.250 e. The van der Waals surface area contributed by atoms with Crippen LogP contribution in [0.5, 0.6) is 0 Å². The van der Waals surface area contributed by atoms with Gasteiger partial charge in [-0.25, -0.2) is 0 Å². The maximum absolute atomic E-state index is 11.0. The number of hydrogen-bond acceptors (Lipinski definition) is 3. The first kappa shape index (κ1) is 13.6. The molecule has 0 aliphatic rings. The van der Waals surface area contributed by atoms with Gasteiger partial charge < -0.3 is 4.90 Å². The molecule has 1 N–H and O–H groups in total. The van der Waals surface area contributed by atoms with E-state index in [1.54, 1.807) is 6.08 Å². The van der Waals surface area contributed by atoms with Gasteiger partial charge in [-0.05, 0) is 45.6 Å². The first-order valence-electron chi connectivity index (χ1n) is 4.85. The molecule has 0 radical (unpaired) electrons. The van der Waals surface area contributed by atoms with Crippen molar-refractivity contribution in [2.75, 3.05) is 20.6 Å². The van der Waals surface area contributed by atoms with E-state index in [1.165, 1.54) is 6.08 Å². The van der Waals surface area contributed by atoms with Crippen molar-refractivity contribution in [1.29, 1.82) is 0 Å². The van der Waals surface area contributed by atoms with E-state index in [0.29, 0.717) is 0 Å². The van der Waals surface area contributed by atoms with Crippen molar-refractivity contribution < 1.29 is 9.59 Å². The summed E-state index contributed by atoms with van der Waals surface area (Å²) in [5, 5.41) is 2.14. The van der Waals surface area contributed by atoms with E-state index in [2.05, 4.69) is 16.8 Å². The van der Waals surface area contributed by atoms with Gasteiger partial charge in [0.25, 0.3) is 0 Å². The zero-order valence-electron chi connectivity index (χ0n) is 9.32. The van der Waals surface area contributed by atoms with E-state index >= 15 is 0 Å². The van der Waals surface area contributed by atoms with Gasteiger partial charge >= 0.3 is 0 Å². The maximum atomic E-state index is 11.0. The van der Waals surface area contributed by atoms with Crippen LogP contribution < -0.4 is 5.32 Å². The lowest BCUT2D eigenvalue weighted by atomic mass is 10.3. The molecule has 0 aliphatic carbocycles. The molecule has 2 amide bonds. The molecule has 15 heavy (non-hydrogen) atoms. The van der Waals surface area contributed by atoms with Crippen LogP contribution in [0.15, 0.2) is 24.8 Å². The van der Waals surface area contributed by atoms with E-state index in [-0.39, 0.29) is 0 Å². The lowest BCUT2D eigenvalue weighted by Crippen LogP contribution is -2.26. The SMILES string of the molecule is C=CC(=O)NC(=O)C=CCCCN(C)C. The highest BCUT2D eigenvalue weighted by Crippen LogP contribution is 1.92. The number of hydrogen-bond donors (Lipinski definition) is 1. The molecule has 4 heteroatoms. The molecule has 84 valence electrons. The fourth-order valence-electron chi connectivity index (χ4n) is 0.930. The minimum atomic E-state index is -0.474. The number of carbonyl (C=O) groups is 2. The molecule has 0 saturated carbocycles. The highest BCUT2D eigenvalue weighted by molar-refractivity contribution is 6.04. The van der Waals surface area contributed by atoms with Gasteiger partial charge in [0.2, 0.25) is 11.8 Å². The summed E-state index contributed by atoms with van der Waals surface area (Å²) in [7, 11) is 4.00. The summed E-state index contributed by atoms with van der Waals surface area (Å²) < 4.78 is 0. The number of nitrogens with zero attached hydrogens (tertiary/aromatic N) is 1. The van der Waals surface area contributed by atoms with E-state index in [0.717, 1.165) is 25.5 Å². The molecule has 0 aliphatic heterocycles. The normalized spacial score (nSPS) is 10.6. The van der Waals surface area contributed by atoms with Crippen LogP contribution in [0, 0.1) is 0 Å². The molecule has 4 nitrogen and oxygen atoms in total. The molecule has 0 atom stereocenters. The Morgan fingerprint density at radius 3 is 2.53 bits per heavy atom. The van der Waals surface area contributed by atoms with Crippen LogP contribution in [0.25, 0.3) is 0 Å². The summed E-state index contributed by atoms with van der Waals surface area (Å²) in [4.78, 5) is 23.8.